The molecule has 1 aliphatic rings. The highest BCUT2D eigenvalue weighted by molar-refractivity contribution is 14.1. The summed E-state index contributed by atoms with van der Waals surface area (Å²) >= 11 is 2.17. The quantitative estimate of drug-likeness (QED) is 0.567. The minimum atomic E-state index is -3.36. The predicted molar refractivity (Wildman–Crippen MR) is 93.9 cm³/mol. The molecule has 118 valence electrons. The first-order valence-electron chi connectivity index (χ1n) is 7.55. The molecule has 0 unspecified atom stereocenters. The second-order valence-electron chi connectivity index (χ2n) is 5.46. The normalized spacial score (nSPS) is 17.6. The SMILES string of the molecule is O=S(=O)(NCCCN1CCCCCC1)c1ccc(I)cc1. The van der Waals surface area contributed by atoms with Gasteiger partial charge in [0, 0.05) is 10.1 Å². The fourth-order valence-electron chi connectivity index (χ4n) is 2.57. The molecule has 0 atom stereocenters. The van der Waals surface area contributed by atoms with Crippen molar-refractivity contribution in [3.63, 3.8) is 0 Å². The van der Waals surface area contributed by atoms with E-state index in [4.69, 9.17) is 0 Å². The molecular formula is C15H23IN2O2S. The zero-order valence-electron chi connectivity index (χ0n) is 12.2. The van der Waals surface area contributed by atoms with Crippen molar-refractivity contribution in [2.45, 2.75) is 37.0 Å². The molecule has 0 aliphatic carbocycles. The van der Waals surface area contributed by atoms with E-state index in [0.717, 1.165) is 29.6 Å². The van der Waals surface area contributed by atoms with Gasteiger partial charge in [0.05, 0.1) is 4.90 Å². The molecule has 0 amide bonds. The minimum Gasteiger partial charge on any atom is -0.303 e. The van der Waals surface area contributed by atoms with Crippen molar-refractivity contribution in [3.8, 4) is 0 Å². The zero-order chi connectivity index (χ0) is 15.1. The van der Waals surface area contributed by atoms with Crippen molar-refractivity contribution >= 4 is 32.6 Å². The van der Waals surface area contributed by atoms with E-state index in [9.17, 15) is 8.42 Å². The van der Waals surface area contributed by atoms with Crippen molar-refractivity contribution in [3.05, 3.63) is 27.8 Å². The lowest BCUT2D eigenvalue weighted by Gasteiger charge is -2.19. The van der Waals surface area contributed by atoms with Gasteiger partial charge >= 0.3 is 0 Å². The molecule has 2 rings (SSSR count). The highest BCUT2D eigenvalue weighted by Gasteiger charge is 2.13. The van der Waals surface area contributed by atoms with Crippen LogP contribution in [0.3, 0.4) is 0 Å². The van der Waals surface area contributed by atoms with Gasteiger partial charge in [0.15, 0.2) is 0 Å². The second-order valence-corrected chi connectivity index (χ2v) is 8.47. The number of rotatable bonds is 6. The molecule has 0 saturated carbocycles. The standard InChI is InChI=1S/C15H23IN2O2S/c16-14-6-8-15(9-7-14)21(19,20)17-10-5-13-18-11-3-1-2-4-12-18/h6-9,17H,1-5,10-13H2. The predicted octanol–water partition coefficient (Wildman–Crippen LogP) is 2.84. The lowest BCUT2D eigenvalue weighted by Crippen LogP contribution is -2.30. The summed E-state index contributed by atoms with van der Waals surface area (Å²) < 4.78 is 28.0. The minimum absolute atomic E-state index is 0.345. The Morgan fingerprint density at radius 1 is 1.05 bits per heavy atom. The topological polar surface area (TPSA) is 49.4 Å². The molecular weight excluding hydrogens is 399 g/mol. The van der Waals surface area contributed by atoms with E-state index in [0.29, 0.717) is 11.4 Å². The van der Waals surface area contributed by atoms with Crippen molar-refractivity contribution in [1.82, 2.24) is 9.62 Å². The van der Waals surface area contributed by atoms with Gasteiger partial charge in [-0.3, -0.25) is 0 Å². The van der Waals surface area contributed by atoms with E-state index in [1.807, 2.05) is 12.1 Å². The van der Waals surface area contributed by atoms with Crippen LogP contribution in [0.25, 0.3) is 0 Å². The van der Waals surface area contributed by atoms with Crippen LogP contribution in [-0.4, -0.2) is 39.5 Å². The molecule has 1 aromatic carbocycles. The first kappa shape index (κ1) is 17.2. The van der Waals surface area contributed by atoms with Gasteiger partial charge in [0.2, 0.25) is 10.0 Å². The van der Waals surface area contributed by atoms with Crippen molar-refractivity contribution in [2.75, 3.05) is 26.2 Å². The highest BCUT2D eigenvalue weighted by atomic mass is 127. The van der Waals surface area contributed by atoms with Gasteiger partial charge in [-0.1, -0.05) is 12.8 Å². The zero-order valence-corrected chi connectivity index (χ0v) is 15.2. The first-order valence-corrected chi connectivity index (χ1v) is 10.1. The van der Waals surface area contributed by atoms with Crippen LogP contribution in [0.5, 0.6) is 0 Å². The van der Waals surface area contributed by atoms with Crippen molar-refractivity contribution in [1.29, 1.82) is 0 Å². The number of halogens is 1. The van der Waals surface area contributed by atoms with Gasteiger partial charge in [-0.2, -0.15) is 0 Å². The van der Waals surface area contributed by atoms with Gasteiger partial charge < -0.3 is 4.90 Å². The monoisotopic (exact) mass is 422 g/mol. The third kappa shape index (κ3) is 5.84. The fourth-order valence-corrected chi connectivity index (χ4v) is 4.00. The summed E-state index contributed by atoms with van der Waals surface area (Å²) in [5.74, 6) is 0. The Labute approximate surface area is 141 Å². The molecule has 0 spiro atoms. The van der Waals surface area contributed by atoms with Crippen LogP contribution in [-0.2, 0) is 10.0 Å². The molecule has 1 saturated heterocycles. The Morgan fingerprint density at radius 3 is 2.29 bits per heavy atom. The number of nitrogens with zero attached hydrogens (tertiary/aromatic N) is 1. The smallest absolute Gasteiger partial charge is 0.240 e. The molecule has 1 heterocycles. The van der Waals surface area contributed by atoms with Crippen LogP contribution in [0, 0.1) is 3.57 Å². The van der Waals surface area contributed by atoms with Crippen LogP contribution in [0.4, 0.5) is 0 Å². The Hall–Kier alpha value is -0.180. The molecule has 0 bridgehead atoms. The molecule has 1 aromatic rings. The van der Waals surface area contributed by atoms with Crippen molar-refractivity contribution in [2.24, 2.45) is 0 Å². The summed E-state index contributed by atoms with van der Waals surface area (Å²) in [4.78, 5) is 2.80. The molecule has 4 nitrogen and oxygen atoms in total. The van der Waals surface area contributed by atoms with Gasteiger partial charge in [-0.05, 0) is 85.8 Å². The van der Waals surface area contributed by atoms with E-state index in [2.05, 4.69) is 32.2 Å². The van der Waals surface area contributed by atoms with Gasteiger partial charge in [0.1, 0.15) is 0 Å². The Bertz CT molecular complexity index is 523. The average Bonchev–Trinajstić information content (AvgIpc) is 2.73. The largest absolute Gasteiger partial charge is 0.303 e. The molecule has 0 aromatic heterocycles. The van der Waals surface area contributed by atoms with E-state index in [1.54, 1.807) is 12.1 Å². The summed E-state index contributed by atoms with van der Waals surface area (Å²) in [6.45, 7) is 3.80. The number of nitrogens with one attached hydrogen (secondary N) is 1. The van der Waals surface area contributed by atoms with Crippen LogP contribution < -0.4 is 4.72 Å². The van der Waals surface area contributed by atoms with Crippen LogP contribution >= 0.6 is 22.6 Å². The maximum absolute atomic E-state index is 12.1. The Kier molecular flexibility index (Phi) is 6.91. The Balaban J connectivity index is 1.75. The summed E-state index contributed by atoms with van der Waals surface area (Å²) in [6, 6.07) is 6.93. The lowest BCUT2D eigenvalue weighted by atomic mass is 10.2. The lowest BCUT2D eigenvalue weighted by molar-refractivity contribution is 0.282. The molecule has 21 heavy (non-hydrogen) atoms. The fraction of sp³-hybridized carbons (Fsp3) is 0.600. The van der Waals surface area contributed by atoms with Crippen molar-refractivity contribution < 1.29 is 8.42 Å². The van der Waals surface area contributed by atoms with E-state index >= 15 is 0 Å². The van der Waals surface area contributed by atoms with Crippen LogP contribution in [0.15, 0.2) is 29.2 Å². The van der Waals surface area contributed by atoms with E-state index in [-0.39, 0.29) is 0 Å². The number of sulfonamides is 1. The number of benzene rings is 1. The van der Waals surface area contributed by atoms with Gasteiger partial charge in [-0.15, -0.1) is 0 Å². The van der Waals surface area contributed by atoms with Gasteiger partial charge in [0.25, 0.3) is 0 Å². The Morgan fingerprint density at radius 2 is 1.67 bits per heavy atom. The maximum Gasteiger partial charge on any atom is 0.240 e. The third-order valence-electron chi connectivity index (χ3n) is 3.77. The average molecular weight is 422 g/mol. The summed E-state index contributed by atoms with van der Waals surface area (Å²) in [5.41, 5.74) is 0. The summed E-state index contributed by atoms with van der Waals surface area (Å²) in [6.07, 6.45) is 6.07. The maximum atomic E-state index is 12.1. The van der Waals surface area contributed by atoms with Crippen LogP contribution in [0.1, 0.15) is 32.1 Å². The number of hydrogen-bond donors (Lipinski definition) is 1. The van der Waals surface area contributed by atoms with Crippen LogP contribution in [0.2, 0.25) is 0 Å². The number of hydrogen-bond acceptors (Lipinski definition) is 3. The second kappa shape index (κ2) is 8.45. The number of likely N-dealkylation sites (tertiary alicyclic amines) is 1. The van der Waals surface area contributed by atoms with E-state index in [1.165, 1.54) is 25.7 Å². The van der Waals surface area contributed by atoms with Gasteiger partial charge in [-0.25, -0.2) is 13.1 Å². The third-order valence-corrected chi connectivity index (χ3v) is 5.96. The molecule has 0 radical (unpaired) electrons. The van der Waals surface area contributed by atoms with E-state index < -0.39 is 10.0 Å². The summed E-state index contributed by atoms with van der Waals surface area (Å²) in [5, 5.41) is 0. The molecule has 6 heteroatoms. The first-order chi connectivity index (χ1) is 10.1. The molecule has 1 fully saturated rings. The summed E-state index contributed by atoms with van der Waals surface area (Å²) in [7, 11) is -3.36. The highest BCUT2D eigenvalue weighted by Crippen LogP contribution is 2.12. The molecule has 1 aliphatic heterocycles. The molecule has 1 N–H and O–H groups in total.